The number of benzene rings is 2. The van der Waals surface area contributed by atoms with E-state index in [1.807, 2.05) is 63.3 Å². The van der Waals surface area contributed by atoms with E-state index in [2.05, 4.69) is 17.6 Å². The third-order valence-electron chi connectivity index (χ3n) is 4.75. The van der Waals surface area contributed by atoms with E-state index in [9.17, 15) is 13.6 Å². The molecule has 0 heterocycles. The number of hydrogen-bond donors (Lipinski definition) is 2. The fourth-order valence-electron chi connectivity index (χ4n) is 3.04. The van der Waals surface area contributed by atoms with Gasteiger partial charge in [0.25, 0.3) is 5.91 Å². The molecule has 0 aliphatic carbocycles. The molecule has 0 saturated carbocycles. The number of likely N-dealkylation sites (N-methyl/N-ethyl adjacent to an activating group) is 1. The minimum absolute atomic E-state index is 0.0309. The molecule has 1 amide bonds. The zero-order chi connectivity index (χ0) is 30.8. The molecule has 220 valence electrons. The average molecular weight is 574 g/mol. The molecule has 3 N–H and O–H groups in total. The summed E-state index contributed by atoms with van der Waals surface area (Å²) in [6, 6.07) is 13.9. The van der Waals surface area contributed by atoms with E-state index in [4.69, 9.17) is 11.6 Å². The van der Waals surface area contributed by atoms with E-state index in [0.717, 1.165) is 24.1 Å². The average Bonchev–Trinajstić information content (AvgIpc) is 2.95. The summed E-state index contributed by atoms with van der Waals surface area (Å²) in [4.78, 5) is 14.4. The first-order valence-electron chi connectivity index (χ1n) is 13.2. The van der Waals surface area contributed by atoms with Crippen LogP contribution in [-0.4, -0.2) is 31.4 Å². The molecule has 0 unspecified atom stereocenters. The molecular formula is C33H46ClF2N3O. The predicted octanol–water partition coefficient (Wildman–Crippen LogP) is 8.32. The van der Waals surface area contributed by atoms with Gasteiger partial charge in [-0.15, -0.1) is 0 Å². The highest BCUT2D eigenvalue weighted by Gasteiger charge is 2.12. The predicted molar refractivity (Wildman–Crippen MR) is 169 cm³/mol. The summed E-state index contributed by atoms with van der Waals surface area (Å²) in [6.07, 6.45) is 12.6. The molecule has 0 atom stereocenters. The molecule has 4 nitrogen and oxygen atoms in total. The number of rotatable bonds is 11. The van der Waals surface area contributed by atoms with Gasteiger partial charge in [-0.25, -0.2) is 8.78 Å². The Morgan fingerprint density at radius 3 is 2.30 bits per heavy atom. The molecule has 0 fully saturated rings. The van der Waals surface area contributed by atoms with Crippen molar-refractivity contribution >= 4 is 17.5 Å². The molecule has 40 heavy (non-hydrogen) atoms. The van der Waals surface area contributed by atoms with E-state index < -0.39 is 0 Å². The number of carbonyl (C=O) groups is 1. The lowest BCUT2D eigenvalue weighted by molar-refractivity contribution is -0.126. The maximum atomic E-state index is 12.9. The molecule has 0 radical (unpaired) electrons. The van der Waals surface area contributed by atoms with Gasteiger partial charge in [0.1, 0.15) is 5.82 Å². The van der Waals surface area contributed by atoms with Crippen molar-refractivity contribution in [2.45, 2.75) is 47.2 Å². The number of allylic oxidation sites excluding steroid dienone is 6. The van der Waals surface area contributed by atoms with Gasteiger partial charge in [0.15, 0.2) is 0 Å². The van der Waals surface area contributed by atoms with Gasteiger partial charge < -0.3 is 16.0 Å². The fourth-order valence-corrected chi connectivity index (χ4v) is 3.25. The number of hydrogen-bond acceptors (Lipinski definition) is 3. The van der Waals surface area contributed by atoms with Crippen LogP contribution in [0.4, 0.5) is 8.78 Å². The van der Waals surface area contributed by atoms with Crippen molar-refractivity contribution in [1.29, 1.82) is 0 Å². The van der Waals surface area contributed by atoms with Crippen LogP contribution in [0.5, 0.6) is 0 Å². The standard InChI is InChI=1S/C23H26ClFN2O.C7H9F.C2H6.CH5N/c1-3-6-20(8-5-14-26-16-18-10-12-22(25)13-11-18)23(28)27(2)17-19-7-4-9-21(24)15-19;1-3-4-5-6-7(2)8;2*1-2/h3-4,6-13,15,26H,5,14,16-17H2,1-2H3;3-6H,1H2,2H3;1-2H3;2H2,1H3/b6-3-,20-8+;5-4-,7-6+;;. The Hall–Kier alpha value is -3.32. The van der Waals surface area contributed by atoms with E-state index in [-0.39, 0.29) is 17.6 Å². The van der Waals surface area contributed by atoms with Gasteiger partial charge in [0.05, 0.1) is 5.83 Å². The molecule has 2 rings (SSSR count). The molecule has 0 saturated heterocycles. The Labute approximate surface area is 245 Å². The summed E-state index contributed by atoms with van der Waals surface area (Å²) in [5.74, 6) is -0.456. The highest BCUT2D eigenvalue weighted by Crippen LogP contribution is 2.14. The first kappa shape index (κ1) is 38.8. The molecule has 0 aliphatic rings. The summed E-state index contributed by atoms with van der Waals surface area (Å²) in [5.41, 5.74) is 7.18. The van der Waals surface area contributed by atoms with Crippen LogP contribution in [0, 0.1) is 5.82 Å². The van der Waals surface area contributed by atoms with Gasteiger partial charge in [-0.05, 0) is 75.3 Å². The lowest BCUT2D eigenvalue weighted by Crippen LogP contribution is -2.27. The Morgan fingerprint density at radius 1 is 1.10 bits per heavy atom. The number of carbonyl (C=O) groups excluding carboxylic acids is 1. The number of amides is 1. The first-order chi connectivity index (χ1) is 19.3. The lowest BCUT2D eigenvalue weighted by Gasteiger charge is -2.18. The van der Waals surface area contributed by atoms with Crippen LogP contribution in [-0.2, 0) is 17.9 Å². The van der Waals surface area contributed by atoms with Gasteiger partial charge >= 0.3 is 0 Å². The molecule has 2 aromatic carbocycles. The largest absolute Gasteiger partial charge is 0.337 e. The van der Waals surface area contributed by atoms with Gasteiger partial charge in [-0.2, -0.15) is 0 Å². The molecule has 2 aromatic rings. The van der Waals surface area contributed by atoms with Crippen molar-refractivity contribution in [2.75, 3.05) is 20.6 Å². The highest BCUT2D eigenvalue weighted by atomic mass is 35.5. The minimum Gasteiger partial charge on any atom is -0.337 e. The second-order valence-corrected chi connectivity index (χ2v) is 8.35. The Balaban J connectivity index is 0. The molecule has 0 spiro atoms. The normalized spacial score (nSPS) is 11.1. The minimum atomic E-state index is -0.233. The third kappa shape index (κ3) is 19.7. The SMILES string of the molecule is C/C=C\C(=C/CCNCc1ccc(F)cc1)C(=O)N(C)Cc1cccc(Cl)c1.C=C/C=C\C=C(/C)F.CC.CN. The fraction of sp³-hybridized carbons (Fsp3) is 0.303. The van der Waals surface area contributed by atoms with Crippen LogP contribution < -0.4 is 11.1 Å². The van der Waals surface area contributed by atoms with Crippen LogP contribution in [0.3, 0.4) is 0 Å². The lowest BCUT2D eigenvalue weighted by atomic mass is 10.1. The summed E-state index contributed by atoms with van der Waals surface area (Å²) >= 11 is 6.02. The van der Waals surface area contributed by atoms with Gasteiger partial charge in [-0.1, -0.05) is 92.7 Å². The van der Waals surface area contributed by atoms with Crippen LogP contribution in [0.15, 0.2) is 109 Å². The summed E-state index contributed by atoms with van der Waals surface area (Å²) < 4.78 is 24.7. The van der Waals surface area contributed by atoms with Crippen molar-refractivity contribution in [2.24, 2.45) is 5.73 Å². The molecular weight excluding hydrogens is 528 g/mol. The van der Waals surface area contributed by atoms with Crippen molar-refractivity contribution in [3.05, 3.63) is 131 Å². The highest BCUT2D eigenvalue weighted by molar-refractivity contribution is 6.30. The van der Waals surface area contributed by atoms with Crippen molar-refractivity contribution < 1.29 is 13.6 Å². The first-order valence-corrected chi connectivity index (χ1v) is 13.6. The Kier molecular flexibility index (Phi) is 25.2. The Bertz CT molecular complexity index is 1070. The number of nitrogens with two attached hydrogens (primary N) is 1. The molecule has 0 aromatic heterocycles. The van der Waals surface area contributed by atoms with E-state index in [0.29, 0.717) is 23.7 Å². The molecule has 0 aliphatic heterocycles. The van der Waals surface area contributed by atoms with E-state index >= 15 is 0 Å². The quantitative estimate of drug-likeness (QED) is 0.161. The molecule has 0 bridgehead atoms. The smallest absolute Gasteiger partial charge is 0.253 e. The topological polar surface area (TPSA) is 58.4 Å². The van der Waals surface area contributed by atoms with Crippen molar-refractivity contribution in [3.63, 3.8) is 0 Å². The Morgan fingerprint density at radius 2 is 1.75 bits per heavy atom. The zero-order valence-corrected chi connectivity index (χ0v) is 25.5. The van der Waals surface area contributed by atoms with Gasteiger partial charge in [-0.3, -0.25) is 4.79 Å². The maximum absolute atomic E-state index is 12.9. The van der Waals surface area contributed by atoms with Crippen LogP contribution in [0.1, 0.15) is 45.2 Å². The van der Waals surface area contributed by atoms with E-state index in [1.165, 1.54) is 32.2 Å². The summed E-state index contributed by atoms with van der Waals surface area (Å²) in [7, 11) is 3.29. The van der Waals surface area contributed by atoms with Crippen LogP contribution in [0.2, 0.25) is 5.02 Å². The zero-order valence-electron chi connectivity index (χ0n) is 24.8. The summed E-state index contributed by atoms with van der Waals surface area (Å²) in [6.45, 7) is 12.6. The van der Waals surface area contributed by atoms with Crippen molar-refractivity contribution in [3.8, 4) is 0 Å². The van der Waals surface area contributed by atoms with Gasteiger partial charge in [0, 0.05) is 30.7 Å². The molecule has 7 heteroatoms. The number of halogens is 3. The third-order valence-corrected chi connectivity index (χ3v) is 4.98. The number of nitrogens with zero attached hydrogens (tertiary/aromatic N) is 1. The van der Waals surface area contributed by atoms with Crippen LogP contribution in [0.25, 0.3) is 0 Å². The number of nitrogens with one attached hydrogen (secondary N) is 1. The van der Waals surface area contributed by atoms with Crippen LogP contribution >= 0.6 is 11.6 Å². The summed E-state index contributed by atoms with van der Waals surface area (Å²) in [5, 5.41) is 3.96. The van der Waals surface area contributed by atoms with E-state index in [1.54, 1.807) is 42.3 Å². The maximum Gasteiger partial charge on any atom is 0.253 e. The second-order valence-electron chi connectivity index (χ2n) is 7.92. The van der Waals surface area contributed by atoms with Gasteiger partial charge in [0.2, 0.25) is 0 Å². The van der Waals surface area contributed by atoms with Crippen molar-refractivity contribution in [1.82, 2.24) is 10.2 Å². The monoisotopic (exact) mass is 573 g/mol. The second kappa shape index (κ2) is 25.9.